The predicted molar refractivity (Wildman–Crippen MR) is 109 cm³/mol. The Morgan fingerprint density at radius 3 is 2.31 bits per heavy atom. The molecule has 0 saturated heterocycles. The van der Waals surface area contributed by atoms with E-state index in [1.807, 2.05) is 0 Å². The third-order valence-corrected chi connectivity index (χ3v) is 5.98. The minimum atomic E-state index is 0.755. The summed E-state index contributed by atoms with van der Waals surface area (Å²) in [5.74, 6) is 0.755. The molecule has 4 rings (SSSR count). The molecule has 1 heteroatoms. The topological polar surface area (TPSA) is 3.88 Å². The Morgan fingerprint density at radius 2 is 1.54 bits per heavy atom. The number of nitrogens with zero attached hydrogens (tertiary/aromatic N) is 1. The van der Waals surface area contributed by atoms with Gasteiger partial charge in [0, 0.05) is 17.7 Å². The average Bonchev–Trinajstić information content (AvgIpc) is 3.18. The van der Waals surface area contributed by atoms with Crippen LogP contribution in [0.5, 0.6) is 0 Å². The quantitative estimate of drug-likeness (QED) is 0.505. The fourth-order valence-corrected chi connectivity index (χ4v) is 4.37. The van der Waals surface area contributed by atoms with E-state index >= 15 is 0 Å². The first-order valence-corrected chi connectivity index (χ1v) is 9.80. The molecular weight excluding hydrogens is 314 g/mol. The van der Waals surface area contributed by atoms with Crippen molar-refractivity contribution in [3.8, 4) is 22.4 Å². The van der Waals surface area contributed by atoms with E-state index in [-0.39, 0.29) is 0 Å². The number of aryl methyl sites for hydroxylation is 3. The van der Waals surface area contributed by atoms with Crippen LogP contribution in [0.25, 0.3) is 22.4 Å². The highest BCUT2D eigenvalue weighted by molar-refractivity contribution is 5.71. The fourth-order valence-electron chi connectivity index (χ4n) is 4.37. The Kier molecular flexibility index (Phi) is 4.63. The zero-order valence-corrected chi connectivity index (χ0v) is 16.1. The normalized spacial score (nSPS) is 14.7. The molecule has 0 unspecified atom stereocenters. The highest BCUT2D eigenvalue weighted by Crippen LogP contribution is 2.37. The van der Waals surface area contributed by atoms with E-state index in [1.165, 1.54) is 59.2 Å². The number of hydrogen-bond acceptors (Lipinski definition) is 0. The molecule has 0 aliphatic heterocycles. The van der Waals surface area contributed by atoms with Gasteiger partial charge >= 0.3 is 0 Å². The summed E-state index contributed by atoms with van der Waals surface area (Å²) in [4.78, 5) is 0. The number of benzene rings is 2. The molecule has 1 saturated carbocycles. The van der Waals surface area contributed by atoms with Gasteiger partial charge in [0.05, 0.1) is 0 Å². The van der Waals surface area contributed by atoms with Gasteiger partial charge in [-0.1, -0.05) is 49.2 Å². The second kappa shape index (κ2) is 7.07. The first kappa shape index (κ1) is 17.0. The molecule has 1 nitrogen and oxygen atoms in total. The molecule has 1 fully saturated rings. The van der Waals surface area contributed by atoms with Crippen LogP contribution in [0.4, 0.5) is 0 Å². The van der Waals surface area contributed by atoms with Crippen molar-refractivity contribution in [2.24, 2.45) is 7.05 Å². The fraction of sp³-hybridized carbons (Fsp3) is 0.320. The molecule has 1 aliphatic carbocycles. The van der Waals surface area contributed by atoms with Gasteiger partial charge in [-0.25, -0.2) is 4.57 Å². The monoisotopic (exact) mass is 342 g/mol. The minimum absolute atomic E-state index is 0.755. The van der Waals surface area contributed by atoms with E-state index in [0.29, 0.717) is 0 Å². The van der Waals surface area contributed by atoms with Crippen LogP contribution < -0.4 is 4.57 Å². The Bertz CT molecular complexity index is 933. The lowest BCUT2D eigenvalue weighted by atomic mass is 9.90. The zero-order valence-electron chi connectivity index (χ0n) is 16.1. The van der Waals surface area contributed by atoms with Crippen LogP contribution in [0.15, 0.2) is 60.8 Å². The second-order valence-electron chi connectivity index (χ2n) is 7.78. The molecule has 1 heterocycles. The lowest BCUT2D eigenvalue weighted by molar-refractivity contribution is -0.660. The summed E-state index contributed by atoms with van der Waals surface area (Å²) in [5, 5.41) is 0. The molecule has 0 N–H and O–H groups in total. The number of pyridine rings is 1. The Morgan fingerprint density at radius 1 is 0.808 bits per heavy atom. The van der Waals surface area contributed by atoms with Crippen LogP contribution in [0.2, 0.25) is 0 Å². The van der Waals surface area contributed by atoms with E-state index in [9.17, 15) is 0 Å². The van der Waals surface area contributed by atoms with Crippen LogP contribution in [0.1, 0.15) is 48.3 Å². The van der Waals surface area contributed by atoms with E-state index in [2.05, 4.69) is 86.3 Å². The van der Waals surface area contributed by atoms with E-state index in [0.717, 1.165) is 5.92 Å². The first-order valence-electron chi connectivity index (χ1n) is 9.80. The van der Waals surface area contributed by atoms with E-state index in [1.54, 1.807) is 5.56 Å². The largest absolute Gasteiger partial charge is 0.213 e. The van der Waals surface area contributed by atoms with Crippen molar-refractivity contribution >= 4 is 0 Å². The highest BCUT2D eigenvalue weighted by atomic mass is 14.9. The Hall–Kier alpha value is -2.41. The van der Waals surface area contributed by atoms with Crippen molar-refractivity contribution in [1.29, 1.82) is 0 Å². The van der Waals surface area contributed by atoms with Crippen molar-refractivity contribution in [3.05, 3.63) is 77.5 Å². The van der Waals surface area contributed by atoms with Crippen LogP contribution in [-0.2, 0) is 7.05 Å². The zero-order chi connectivity index (χ0) is 18.1. The maximum atomic E-state index is 2.45. The van der Waals surface area contributed by atoms with Gasteiger partial charge in [-0.15, -0.1) is 0 Å². The summed E-state index contributed by atoms with van der Waals surface area (Å²) in [5.41, 5.74) is 9.54. The van der Waals surface area contributed by atoms with E-state index < -0.39 is 0 Å². The van der Waals surface area contributed by atoms with Gasteiger partial charge in [0.2, 0.25) is 5.69 Å². The molecule has 0 radical (unpaired) electrons. The van der Waals surface area contributed by atoms with Gasteiger partial charge in [0.25, 0.3) is 0 Å². The summed E-state index contributed by atoms with van der Waals surface area (Å²) < 4.78 is 2.22. The Labute approximate surface area is 157 Å². The van der Waals surface area contributed by atoms with Crippen molar-refractivity contribution in [3.63, 3.8) is 0 Å². The summed E-state index contributed by atoms with van der Waals surface area (Å²) in [6.07, 6.45) is 7.65. The van der Waals surface area contributed by atoms with Gasteiger partial charge in [0.1, 0.15) is 7.05 Å². The molecule has 0 bridgehead atoms. The number of rotatable bonds is 3. The predicted octanol–water partition coefficient (Wildman–Crippen LogP) is 6.12. The lowest BCUT2D eigenvalue weighted by Crippen LogP contribution is -2.30. The summed E-state index contributed by atoms with van der Waals surface area (Å²) in [6, 6.07) is 20.3. The molecule has 1 aliphatic rings. The molecule has 132 valence electrons. The third kappa shape index (κ3) is 3.19. The average molecular weight is 343 g/mol. The maximum absolute atomic E-state index is 2.45. The van der Waals surface area contributed by atoms with Gasteiger partial charge in [0.15, 0.2) is 6.20 Å². The second-order valence-corrected chi connectivity index (χ2v) is 7.78. The Balaban J connectivity index is 1.78. The maximum Gasteiger partial charge on any atom is 0.213 e. The van der Waals surface area contributed by atoms with Crippen molar-refractivity contribution in [2.45, 2.75) is 45.4 Å². The SMILES string of the molecule is Cc1ccccc1-c1cc(-c2ccc(C)c(C3CCCC3)c2)cc[n+]1C. The standard InChI is InChI=1S/C25H28N/c1-18-8-4-7-11-23(18)25-17-22(14-15-26(25)3)21-13-12-19(2)24(16-21)20-9-5-6-10-20/h4,7-8,11-17,20H,5-6,9-10H2,1-3H3/q+1. The van der Waals surface area contributed by atoms with Gasteiger partial charge in [-0.05, 0) is 66.5 Å². The molecule has 0 spiro atoms. The van der Waals surface area contributed by atoms with Crippen LogP contribution in [0.3, 0.4) is 0 Å². The third-order valence-electron chi connectivity index (χ3n) is 5.98. The van der Waals surface area contributed by atoms with Crippen LogP contribution >= 0.6 is 0 Å². The molecule has 26 heavy (non-hydrogen) atoms. The van der Waals surface area contributed by atoms with Crippen molar-refractivity contribution in [1.82, 2.24) is 0 Å². The lowest BCUT2D eigenvalue weighted by Gasteiger charge is -2.15. The van der Waals surface area contributed by atoms with Crippen molar-refractivity contribution in [2.75, 3.05) is 0 Å². The number of hydrogen-bond donors (Lipinski definition) is 0. The highest BCUT2D eigenvalue weighted by Gasteiger charge is 2.20. The summed E-state index contributed by atoms with van der Waals surface area (Å²) >= 11 is 0. The van der Waals surface area contributed by atoms with E-state index in [4.69, 9.17) is 0 Å². The van der Waals surface area contributed by atoms with Gasteiger partial charge in [-0.2, -0.15) is 0 Å². The minimum Gasteiger partial charge on any atom is -0.201 e. The molecular formula is C25H28N+. The smallest absolute Gasteiger partial charge is 0.201 e. The van der Waals surface area contributed by atoms with Crippen LogP contribution in [-0.4, -0.2) is 0 Å². The molecule has 0 amide bonds. The summed E-state index contributed by atoms with van der Waals surface area (Å²) in [6.45, 7) is 4.45. The first-order chi connectivity index (χ1) is 12.6. The van der Waals surface area contributed by atoms with Crippen LogP contribution in [0, 0.1) is 13.8 Å². The molecule has 0 atom stereocenters. The van der Waals surface area contributed by atoms with Crippen molar-refractivity contribution < 1.29 is 4.57 Å². The molecule has 2 aromatic carbocycles. The summed E-state index contributed by atoms with van der Waals surface area (Å²) in [7, 11) is 2.13. The number of aromatic nitrogens is 1. The molecule has 3 aromatic rings. The molecule has 1 aromatic heterocycles. The van der Waals surface area contributed by atoms with Gasteiger partial charge < -0.3 is 0 Å². The van der Waals surface area contributed by atoms with Gasteiger partial charge in [-0.3, -0.25) is 0 Å².